The summed E-state index contributed by atoms with van der Waals surface area (Å²) in [7, 11) is -7.65. The summed E-state index contributed by atoms with van der Waals surface area (Å²) < 4.78 is 50.3. The second kappa shape index (κ2) is 10.8. The van der Waals surface area contributed by atoms with Gasteiger partial charge in [0.05, 0.1) is 42.3 Å². The minimum absolute atomic E-state index is 0.0522. The summed E-state index contributed by atoms with van der Waals surface area (Å²) in [6.07, 6.45) is 1.61. The molecular weight excluding hydrogens is 545 g/mol. The number of amides is 1. The minimum Gasteiger partial charge on any atom is -0.333 e. The van der Waals surface area contributed by atoms with Crippen LogP contribution in [0.5, 0.6) is 0 Å². The van der Waals surface area contributed by atoms with E-state index in [1.165, 1.54) is 12.1 Å². The highest BCUT2D eigenvalue weighted by Gasteiger charge is 2.18. The zero-order chi connectivity index (χ0) is 25.1. The lowest BCUT2D eigenvalue weighted by molar-refractivity contribution is -0.113. The number of hydrogen-bond donors (Lipinski definition) is 4. The second-order valence-corrected chi connectivity index (χ2v) is 12.2. The standard InChI is InChI=1S/C19H21Cl2N5O5S3/c1-2-3-6-23-34(30,31)11-4-5-15-16(9-11)25-19(24-15)32-10-17(27)26-18-13(20)7-12(8-14(18)21)33(22,28)29/h4-5,7-9,23H,2-3,6,10H2,1H3,(H,24,25)(H,26,27)(H2,22,28,29). The van der Waals surface area contributed by atoms with E-state index >= 15 is 0 Å². The van der Waals surface area contributed by atoms with E-state index in [0.29, 0.717) is 22.7 Å². The number of carbonyl (C=O) groups excluding carboxylic acids is 1. The van der Waals surface area contributed by atoms with Crippen LogP contribution in [0.2, 0.25) is 10.0 Å². The number of H-pyrrole nitrogens is 1. The molecule has 0 fully saturated rings. The molecule has 0 bridgehead atoms. The fourth-order valence-corrected chi connectivity index (χ4v) is 5.87. The van der Waals surface area contributed by atoms with Crippen molar-refractivity contribution in [2.24, 2.45) is 5.14 Å². The summed E-state index contributed by atoms with van der Waals surface area (Å²) in [4.78, 5) is 19.5. The van der Waals surface area contributed by atoms with Gasteiger partial charge in [0.15, 0.2) is 5.16 Å². The quantitative estimate of drug-likeness (QED) is 0.216. The number of aromatic nitrogens is 2. The number of halogens is 2. The molecule has 0 aliphatic heterocycles. The highest BCUT2D eigenvalue weighted by Crippen LogP contribution is 2.33. The van der Waals surface area contributed by atoms with Gasteiger partial charge in [0.1, 0.15) is 0 Å². The molecule has 0 atom stereocenters. The number of hydrogen-bond acceptors (Lipinski definition) is 7. The molecule has 0 saturated heterocycles. The van der Waals surface area contributed by atoms with Gasteiger partial charge in [0, 0.05) is 6.54 Å². The first kappa shape index (κ1) is 26.7. The van der Waals surface area contributed by atoms with Gasteiger partial charge >= 0.3 is 0 Å². The van der Waals surface area contributed by atoms with Gasteiger partial charge in [-0.05, 0) is 36.8 Å². The van der Waals surface area contributed by atoms with Crippen LogP contribution in [0.4, 0.5) is 5.69 Å². The van der Waals surface area contributed by atoms with E-state index in [-0.39, 0.29) is 31.3 Å². The van der Waals surface area contributed by atoms with E-state index in [1.807, 2.05) is 6.92 Å². The maximum atomic E-state index is 12.4. The Hall–Kier alpha value is -1.87. The molecule has 5 N–H and O–H groups in total. The van der Waals surface area contributed by atoms with Crippen LogP contribution >= 0.6 is 35.0 Å². The van der Waals surface area contributed by atoms with Crippen LogP contribution in [0.1, 0.15) is 19.8 Å². The molecule has 0 spiro atoms. The number of imidazole rings is 1. The molecule has 15 heteroatoms. The fraction of sp³-hybridized carbons (Fsp3) is 0.263. The first-order valence-electron chi connectivity index (χ1n) is 9.84. The van der Waals surface area contributed by atoms with Crippen molar-refractivity contribution in [1.29, 1.82) is 0 Å². The van der Waals surface area contributed by atoms with Crippen molar-refractivity contribution in [2.45, 2.75) is 34.7 Å². The van der Waals surface area contributed by atoms with E-state index in [4.69, 9.17) is 28.3 Å². The highest BCUT2D eigenvalue weighted by atomic mass is 35.5. The van der Waals surface area contributed by atoms with E-state index in [1.54, 1.807) is 6.07 Å². The van der Waals surface area contributed by atoms with E-state index in [0.717, 1.165) is 36.7 Å². The molecule has 34 heavy (non-hydrogen) atoms. The number of nitrogens with zero attached hydrogens (tertiary/aromatic N) is 1. The third-order valence-corrected chi connectivity index (χ3v) is 8.33. The van der Waals surface area contributed by atoms with Gasteiger partial charge in [0.25, 0.3) is 0 Å². The number of rotatable bonds is 10. The third-order valence-electron chi connectivity index (χ3n) is 4.51. The molecular formula is C19H21Cl2N5O5S3. The molecule has 2 aromatic carbocycles. The molecule has 3 rings (SSSR count). The zero-order valence-electron chi connectivity index (χ0n) is 17.8. The summed E-state index contributed by atoms with van der Waals surface area (Å²) >= 11 is 13.2. The smallest absolute Gasteiger partial charge is 0.240 e. The molecule has 0 aliphatic rings. The van der Waals surface area contributed by atoms with Gasteiger partial charge in [-0.2, -0.15) is 0 Å². The van der Waals surface area contributed by atoms with Crippen molar-refractivity contribution < 1.29 is 21.6 Å². The first-order chi connectivity index (χ1) is 15.9. The monoisotopic (exact) mass is 565 g/mol. The van der Waals surface area contributed by atoms with Crippen LogP contribution < -0.4 is 15.2 Å². The van der Waals surface area contributed by atoms with Gasteiger partial charge in [-0.1, -0.05) is 48.3 Å². The Balaban J connectivity index is 1.68. The number of nitrogens with two attached hydrogens (primary N) is 1. The van der Waals surface area contributed by atoms with Crippen LogP contribution in [0.25, 0.3) is 11.0 Å². The Labute approximate surface area is 211 Å². The van der Waals surface area contributed by atoms with Gasteiger partial charge in [-0.3, -0.25) is 4.79 Å². The summed E-state index contributed by atoms with van der Waals surface area (Å²) in [6, 6.07) is 6.71. The number of benzene rings is 2. The predicted molar refractivity (Wildman–Crippen MR) is 133 cm³/mol. The molecule has 184 valence electrons. The molecule has 1 amide bonds. The Bertz CT molecular complexity index is 1420. The third kappa shape index (κ3) is 6.62. The predicted octanol–water partition coefficient (Wildman–Crippen LogP) is 3.33. The average Bonchev–Trinajstić information content (AvgIpc) is 3.16. The van der Waals surface area contributed by atoms with Crippen LogP contribution in [0, 0.1) is 0 Å². The molecule has 1 heterocycles. The lowest BCUT2D eigenvalue weighted by atomic mass is 10.3. The minimum atomic E-state index is -4.01. The summed E-state index contributed by atoms with van der Waals surface area (Å²) in [6.45, 7) is 2.33. The summed E-state index contributed by atoms with van der Waals surface area (Å²) in [5, 5.41) is 7.83. The van der Waals surface area contributed by atoms with Gasteiger partial charge < -0.3 is 10.3 Å². The Morgan fingerprint density at radius 1 is 1.12 bits per heavy atom. The van der Waals surface area contributed by atoms with E-state index in [9.17, 15) is 21.6 Å². The van der Waals surface area contributed by atoms with E-state index in [2.05, 4.69) is 20.0 Å². The normalized spacial score (nSPS) is 12.2. The van der Waals surface area contributed by atoms with Crippen molar-refractivity contribution >= 4 is 77.6 Å². The Morgan fingerprint density at radius 3 is 2.41 bits per heavy atom. The summed E-state index contributed by atoms with van der Waals surface area (Å²) in [5.74, 6) is -0.548. The fourth-order valence-electron chi connectivity index (χ4n) is 2.81. The highest BCUT2D eigenvalue weighted by molar-refractivity contribution is 7.99. The van der Waals surface area contributed by atoms with Crippen LogP contribution in [-0.2, 0) is 24.8 Å². The van der Waals surface area contributed by atoms with Crippen LogP contribution in [0.3, 0.4) is 0 Å². The molecule has 10 nitrogen and oxygen atoms in total. The van der Waals surface area contributed by atoms with Crippen molar-refractivity contribution in [3.63, 3.8) is 0 Å². The average molecular weight is 567 g/mol. The lowest BCUT2D eigenvalue weighted by Gasteiger charge is -2.10. The maximum Gasteiger partial charge on any atom is 0.240 e. The van der Waals surface area contributed by atoms with E-state index < -0.39 is 26.0 Å². The van der Waals surface area contributed by atoms with Crippen molar-refractivity contribution in [1.82, 2.24) is 14.7 Å². The number of sulfonamides is 2. The van der Waals surface area contributed by atoms with Gasteiger partial charge in [-0.15, -0.1) is 0 Å². The number of thioether (sulfide) groups is 1. The number of primary sulfonamides is 1. The van der Waals surface area contributed by atoms with Gasteiger partial charge in [-0.25, -0.2) is 31.7 Å². The van der Waals surface area contributed by atoms with Crippen LogP contribution in [-0.4, -0.2) is 45.0 Å². The lowest BCUT2D eigenvalue weighted by Crippen LogP contribution is -2.24. The van der Waals surface area contributed by atoms with Crippen molar-refractivity contribution in [2.75, 3.05) is 17.6 Å². The number of unbranched alkanes of at least 4 members (excludes halogenated alkanes) is 1. The Kier molecular flexibility index (Phi) is 8.50. The summed E-state index contributed by atoms with van der Waals surface area (Å²) in [5.41, 5.74) is 1.10. The number of fused-ring (bicyclic) bond motifs is 1. The zero-order valence-corrected chi connectivity index (χ0v) is 21.7. The number of anilines is 1. The first-order valence-corrected chi connectivity index (χ1v) is 14.6. The van der Waals surface area contributed by atoms with Crippen molar-refractivity contribution in [3.05, 3.63) is 40.4 Å². The Morgan fingerprint density at radius 2 is 1.79 bits per heavy atom. The SMILES string of the molecule is CCCCNS(=O)(=O)c1ccc2nc(SCC(=O)Nc3c(Cl)cc(S(N)(=O)=O)cc3Cl)[nH]c2c1. The topological polar surface area (TPSA) is 164 Å². The number of nitrogens with one attached hydrogen (secondary N) is 3. The molecule has 0 unspecified atom stereocenters. The molecule has 0 radical (unpaired) electrons. The molecule has 0 aliphatic carbocycles. The van der Waals surface area contributed by atoms with Crippen molar-refractivity contribution in [3.8, 4) is 0 Å². The molecule has 3 aromatic rings. The molecule has 1 aromatic heterocycles. The van der Waals surface area contributed by atoms with Gasteiger partial charge in [0.2, 0.25) is 26.0 Å². The number of aromatic amines is 1. The van der Waals surface area contributed by atoms with Crippen LogP contribution in [0.15, 0.2) is 45.3 Å². The number of carbonyl (C=O) groups is 1. The maximum absolute atomic E-state index is 12.4. The largest absolute Gasteiger partial charge is 0.333 e. The molecule has 0 saturated carbocycles. The second-order valence-electron chi connectivity index (χ2n) is 7.12.